The van der Waals surface area contributed by atoms with Gasteiger partial charge in [-0.3, -0.25) is 4.79 Å². The van der Waals surface area contributed by atoms with Gasteiger partial charge in [-0.15, -0.1) is 0 Å². The largest absolute Gasteiger partial charge is 0.466 e. The van der Waals surface area contributed by atoms with Gasteiger partial charge in [-0.25, -0.2) is 0 Å². The van der Waals surface area contributed by atoms with Crippen LogP contribution in [0, 0.1) is 45.8 Å². The van der Waals surface area contributed by atoms with Gasteiger partial charge in [0.15, 0.2) is 0 Å². The van der Waals surface area contributed by atoms with E-state index in [9.17, 15) is 4.79 Å². The number of hydrogen-bond acceptors (Lipinski definition) is 3. The maximum atomic E-state index is 12.1. The normalized spacial score (nSPS) is 47.3. The zero-order valence-electron chi connectivity index (χ0n) is 24.8. The third-order valence-electron chi connectivity index (χ3n) is 13.3. The molecule has 2 N–H and O–H groups in total. The molecule has 4 saturated carbocycles. The van der Waals surface area contributed by atoms with Gasteiger partial charge in [0.25, 0.3) is 0 Å². The van der Waals surface area contributed by atoms with Crippen LogP contribution < -0.4 is 5.73 Å². The fraction of sp³-hybridized carbons (Fsp3) is 0.853. The van der Waals surface area contributed by atoms with Crippen LogP contribution >= 0.6 is 0 Å². The highest BCUT2D eigenvalue weighted by Crippen LogP contribution is 2.74. The Bertz CT molecular complexity index is 951. The van der Waals surface area contributed by atoms with Crippen molar-refractivity contribution < 1.29 is 9.53 Å². The van der Waals surface area contributed by atoms with Gasteiger partial charge >= 0.3 is 5.97 Å². The van der Waals surface area contributed by atoms with Crippen LogP contribution in [-0.4, -0.2) is 18.1 Å². The quantitative estimate of drug-likeness (QED) is 0.366. The van der Waals surface area contributed by atoms with E-state index in [1.165, 1.54) is 75.4 Å². The number of hydrogen-bond donors (Lipinski definition) is 1. The molecule has 5 aliphatic carbocycles. The second-order valence-electron chi connectivity index (χ2n) is 14.5. The fourth-order valence-corrected chi connectivity index (χ4v) is 11.4. The molecule has 0 aliphatic heterocycles. The standard InChI is InChI=1S/C34H55NO2/c1-7-10-24(12-15-30(36)37-8-2)25-16-19-31(4)26(23(25)3)17-20-33(6)29(31)14-13-27-28-11-9-18-34(28,35)22-21-32(27,33)5/h10,16,23,26-29H,7-9,11-15,17-22,35H2,1-6H3/b24-10+/t23?,26?,27?,28?,29?,31?,32-,33?,34?/m1/s1. The van der Waals surface area contributed by atoms with Gasteiger partial charge in [-0.2, -0.15) is 0 Å². The van der Waals surface area contributed by atoms with Crippen LogP contribution in [0.25, 0.3) is 0 Å². The third kappa shape index (κ3) is 4.11. The Morgan fingerprint density at radius 3 is 2.49 bits per heavy atom. The Labute approximate surface area is 227 Å². The molecule has 0 bridgehead atoms. The van der Waals surface area contributed by atoms with Crippen LogP contribution in [0.1, 0.15) is 125 Å². The van der Waals surface area contributed by atoms with E-state index >= 15 is 0 Å². The molecule has 3 nitrogen and oxygen atoms in total. The maximum Gasteiger partial charge on any atom is 0.306 e. The van der Waals surface area contributed by atoms with Crippen molar-refractivity contribution in [3.05, 3.63) is 23.3 Å². The molecule has 3 heteroatoms. The van der Waals surface area contributed by atoms with E-state index in [0.29, 0.717) is 35.2 Å². The number of allylic oxidation sites excluding steroid dienone is 4. The highest BCUT2D eigenvalue weighted by atomic mass is 16.5. The summed E-state index contributed by atoms with van der Waals surface area (Å²) >= 11 is 0. The lowest BCUT2D eigenvalue weighted by Gasteiger charge is -2.71. The first kappa shape index (κ1) is 27.5. The smallest absolute Gasteiger partial charge is 0.306 e. The SMILES string of the molecule is CC/C=C(\CCC(=O)OCC)C1=CCC2(C)C(CCC3(C)C2CCC2C4CCCC4(N)CC[C@]23C)C1C. The van der Waals surface area contributed by atoms with Crippen molar-refractivity contribution in [3.63, 3.8) is 0 Å². The van der Waals surface area contributed by atoms with E-state index in [0.717, 1.165) is 36.5 Å². The average Bonchev–Trinajstić information content (AvgIpc) is 3.25. The lowest BCUT2D eigenvalue weighted by atomic mass is 9.34. The monoisotopic (exact) mass is 509 g/mol. The first-order valence-electron chi connectivity index (χ1n) is 15.9. The molecule has 37 heavy (non-hydrogen) atoms. The zero-order valence-corrected chi connectivity index (χ0v) is 24.8. The summed E-state index contributed by atoms with van der Waals surface area (Å²) in [6, 6.07) is 0. The first-order valence-corrected chi connectivity index (χ1v) is 15.9. The van der Waals surface area contributed by atoms with Gasteiger partial charge in [0, 0.05) is 12.0 Å². The second kappa shape index (κ2) is 9.83. The number of carbonyl (C=O) groups is 1. The van der Waals surface area contributed by atoms with Crippen molar-refractivity contribution in [2.75, 3.05) is 6.61 Å². The van der Waals surface area contributed by atoms with Crippen LogP contribution in [0.15, 0.2) is 23.3 Å². The summed E-state index contributed by atoms with van der Waals surface area (Å²) in [5.74, 6) is 3.61. The van der Waals surface area contributed by atoms with Gasteiger partial charge in [0.2, 0.25) is 0 Å². The number of nitrogens with two attached hydrogens (primary N) is 1. The number of carbonyl (C=O) groups excluding carboxylic acids is 1. The summed E-state index contributed by atoms with van der Waals surface area (Å²) in [5.41, 5.74) is 11.4. The minimum atomic E-state index is -0.0620. The molecular weight excluding hydrogens is 454 g/mol. The first-order chi connectivity index (χ1) is 17.5. The number of rotatable bonds is 6. The molecule has 8 unspecified atom stereocenters. The Morgan fingerprint density at radius 2 is 1.76 bits per heavy atom. The van der Waals surface area contributed by atoms with Crippen LogP contribution in [0.5, 0.6) is 0 Å². The van der Waals surface area contributed by atoms with E-state index in [1.807, 2.05) is 6.92 Å². The van der Waals surface area contributed by atoms with E-state index in [2.05, 4.69) is 46.8 Å². The van der Waals surface area contributed by atoms with Gasteiger partial charge in [0.1, 0.15) is 0 Å². The molecule has 5 rings (SSSR count). The number of esters is 1. The minimum Gasteiger partial charge on any atom is -0.466 e. The molecule has 0 aromatic rings. The van der Waals surface area contributed by atoms with Crippen LogP contribution in [-0.2, 0) is 9.53 Å². The van der Waals surface area contributed by atoms with Crippen LogP contribution in [0.3, 0.4) is 0 Å². The summed E-state index contributed by atoms with van der Waals surface area (Å²) in [5, 5.41) is 0. The Morgan fingerprint density at radius 1 is 0.973 bits per heavy atom. The summed E-state index contributed by atoms with van der Waals surface area (Å²) in [6.45, 7) is 15.2. The third-order valence-corrected chi connectivity index (χ3v) is 13.3. The van der Waals surface area contributed by atoms with Gasteiger partial charge in [-0.1, -0.05) is 53.2 Å². The van der Waals surface area contributed by atoms with Crippen molar-refractivity contribution in [2.45, 2.75) is 131 Å². The molecule has 0 aromatic carbocycles. The molecule has 0 spiro atoms. The Hall–Kier alpha value is -1.09. The van der Waals surface area contributed by atoms with Crippen molar-refractivity contribution in [1.82, 2.24) is 0 Å². The molecule has 0 saturated heterocycles. The predicted molar refractivity (Wildman–Crippen MR) is 153 cm³/mol. The number of fused-ring (bicyclic) bond motifs is 7. The van der Waals surface area contributed by atoms with Gasteiger partial charge in [-0.05, 0) is 135 Å². The number of ether oxygens (including phenoxy) is 1. The average molecular weight is 510 g/mol. The topological polar surface area (TPSA) is 52.3 Å². The molecule has 208 valence electrons. The minimum absolute atomic E-state index is 0.0620. The maximum absolute atomic E-state index is 12.1. The molecule has 0 radical (unpaired) electrons. The molecule has 4 fully saturated rings. The molecular formula is C34H55NO2. The summed E-state index contributed by atoms with van der Waals surface area (Å²) in [4.78, 5) is 12.1. The summed E-state index contributed by atoms with van der Waals surface area (Å²) < 4.78 is 5.25. The van der Waals surface area contributed by atoms with E-state index < -0.39 is 0 Å². The van der Waals surface area contributed by atoms with Crippen molar-refractivity contribution in [3.8, 4) is 0 Å². The van der Waals surface area contributed by atoms with Crippen molar-refractivity contribution >= 4 is 5.97 Å². The molecule has 0 aromatic heterocycles. The summed E-state index contributed by atoms with van der Waals surface area (Å²) in [6.07, 6.45) is 20.6. The van der Waals surface area contributed by atoms with E-state index in [1.54, 1.807) is 0 Å². The Balaban J connectivity index is 1.41. The predicted octanol–water partition coefficient (Wildman–Crippen LogP) is 8.38. The molecule has 9 atom stereocenters. The van der Waals surface area contributed by atoms with E-state index in [-0.39, 0.29) is 11.5 Å². The van der Waals surface area contributed by atoms with Crippen molar-refractivity contribution in [2.24, 2.45) is 51.6 Å². The Kier molecular flexibility index (Phi) is 7.30. The lowest BCUT2D eigenvalue weighted by molar-refractivity contribution is -0.210. The lowest BCUT2D eigenvalue weighted by Crippen LogP contribution is -2.66. The summed E-state index contributed by atoms with van der Waals surface area (Å²) in [7, 11) is 0. The highest BCUT2D eigenvalue weighted by molar-refractivity contribution is 5.70. The second-order valence-corrected chi connectivity index (χ2v) is 14.5. The molecule has 5 aliphatic rings. The van der Waals surface area contributed by atoms with Crippen LogP contribution in [0.2, 0.25) is 0 Å². The molecule has 0 amide bonds. The molecule has 0 heterocycles. The highest BCUT2D eigenvalue weighted by Gasteiger charge is 2.68. The van der Waals surface area contributed by atoms with Gasteiger partial charge < -0.3 is 10.5 Å². The zero-order chi connectivity index (χ0) is 26.6. The van der Waals surface area contributed by atoms with Crippen molar-refractivity contribution in [1.29, 1.82) is 0 Å². The van der Waals surface area contributed by atoms with Gasteiger partial charge in [0.05, 0.1) is 6.61 Å². The van der Waals surface area contributed by atoms with Crippen LogP contribution in [0.4, 0.5) is 0 Å². The fourth-order valence-electron chi connectivity index (χ4n) is 11.4. The van der Waals surface area contributed by atoms with E-state index in [4.69, 9.17) is 10.5 Å².